The van der Waals surface area contributed by atoms with Crippen LogP contribution in [0, 0.1) is 0 Å². The van der Waals surface area contributed by atoms with Crippen molar-refractivity contribution in [3.05, 3.63) is 59.7 Å². The normalized spacial score (nSPS) is 10.5. The molecule has 6 heteroatoms. The minimum absolute atomic E-state index is 0. The standard InChI is InChI=1S/C18H23N3O2.HI/c1-19-18(20-12-14-7-9-16(22-2)10-8-14)21-13-15-5-4-6-17(11-15)23-3;/h4-11H,12-13H2,1-3H3,(H2,19,20,21);1H. The highest BCUT2D eigenvalue weighted by atomic mass is 127. The molecular weight excluding hydrogens is 417 g/mol. The topological polar surface area (TPSA) is 54.9 Å². The van der Waals surface area contributed by atoms with Crippen molar-refractivity contribution in [3.63, 3.8) is 0 Å². The van der Waals surface area contributed by atoms with E-state index >= 15 is 0 Å². The van der Waals surface area contributed by atoms with Crippen LogP contribution in [-0.2, 0) is 13.1 Å². The third kappa shape index (κ3) is 6.27. The fourth-order valence-electron chi connectivity index (χ4n) is 2.12. The second-order valence-corrected chi connectivity index (χ2v) is 4.98. The van der Waals surface area contributed by atoms with Crippen LogP contribution in [0.15, 0.2) is 53.5 Å². The molecule has 24 heavy (non-hydrogen) atoms. The number of guanidine groups is 1. The number of rotatable bonds is 6. The monoisotopic (exact) mass is 441 g/mol. The molecule has 0 heterocycles. The maximum Gasteiger partial charge on any atom is 0.191 e. The number of benzene rings is 2. The maximum atomic E-state index is 5.23. The zero-order valence-electron chi connectivity index (χ0n) is 14.2. The number of aliphatic imine (C=N–C) groups is 1. The van der Waals surface area contributed by atoms with Gasteiger partial charge in [0.15, 0.2) is 5.96 Å². The van der Waals surface area contributed by atoms with Gasteiger partial charge in [-0.25, -0.2) is 0 Å². The highest BCUT2D eigenvalue weighted by Gasteiger charge is 2.01. The molecule has 0 spiro atoms. The van der Waals surface area contributed by atoms with Crippen molar-refractivity contribution in [1.29, 1.82) is 0 Å². The summed E-state index contributed by atoms with van der Waals surface area (Å²) in [5.41, 5.74) is 2.30. The minimum Gasteiger partial charge on any atom is -0.497 e. The molecule has 0 saturated heterocycles. The van der Waals surface area contributed by atoms with Gasteiger partial charge < -0.3 is 20.1 Å². The van der Waals surface area contributed by atoms with Gasteiger partial charge in [0.05, 0.1) is 14.2 Å². The van der Waals surface area contributed by atoms with E-state index < -0.39 is 0 Å². The second kappa shape index (κ2) is 10.7. The number of hydrogen-bond donors (Lipinski definition) is 2. The van der Waals surface area contributed by atoms with Gasteiger partial charge in [-0.3, -0.25) is 4.99 Å². The Morgan fingerprint density at radius 1 is 0.875 bits per heavy atom. The zero-order valence-corrected chi connectivity index (χ0v) is 16.5. The average Bonchev–Trinajstić information content (AvgIpc) is 2.62. The largest absolute Gasteiger partial charge is 0.497 e. The van der Waals surface area contributed by atoms with Crippen molar-refractivity contribution >= 4 is 29.9 Å². The number of halogens is 1. The summed E-state index contributed by atoms with van der Waals surface area (Å²) < 4.78 is 10.4. The molecule has 130 valence electrons. The molecule has 2 rings (SSSR count). The van der Waals surface area contributed by atoms with Crippen LogP contribution in [0.1, 0.15) is 11.1 Å². The van der Waals surface area contributed by atoms with Crippen LogP contribution in [0.25, 0.3) is 0 Å². The Hall–Kier alpha value is -1.96. The summed E-state index contributed by atoms with van der Waals surface area (Å²) >= 11 is 0. The summed E-state index contributed by atoms with van der Waals surface area (Å²) in [4.78, 5) is 4.23. The fourth-order valence-corrected chi connectivity index (χ4v) is 2.12. The number of nitrogens with one attached hydrogen (secondary N) is 2. The van der Waals surface area contributed by atoms with Gasteiger partial charge in [-0.1, -0.05) is 24.3 Å². The molecule has 0 aliphatic carbocycles. The van der Waals surface area contributed by atoms with Crippen molar-refractivity contribution in [1.82, 2.24) is 10.6 Å². The molecule has 0 fully saturated rings. The Labute approximate surface area is 160 Å². The van der Waals surface area contributed by atoms with Crippen LogP contribution in [0.4, 0.5) is 0 Å². The molecule has 0 saturated carbocycles. The van der Waals surface area contributed by atoms with Gasteiger partial charge in [-0.2, -0.15) is 0 Å². The van der Waals surface area contributed by atoms with E-state index in [4.69, 9.17) is 9.47 Å². The van der Waals surface area contributed by atoms with E-state index in [1.807, 2.05) is 48.5 Å². The van der Waals surface area contributed by atoms with Gasteiger partial charge in [0.2, 0.25) is 0 Å². The zero-order chi connectivity index (χ0) is 16.5. The Balaban J connectivity index is 0.00000288. The van der Waals surface area contributed by atoms with Crippen LogP contribution >= 0.6 is 24.0 Å². The van der Waals surface area contributed by atoms with Gasteiger partial charge in [0.1, 0.15) is 11.5 Å². The summed E-state index contributed by atoms with van der Waals surface area (Å²) in [6, 6.07) is 15.9. The molecule has 0 aliphatic rings. The molecule has 0 aromatic heterocycles. The molecule has 2 aromatic rings. The first-order valence-corrected chi connectivity index (χ1v) is 7.45. The summed E-state index contributed by atoms with van der Waals surface area (Å²) in [6.07, 6.45) is 0. The lowest BCUT2D eigenvalue weighted by Crippen LogP contribution is -2.36. The molecule has 0 atom stereocenters. The molecular formula is C18H24IN3O2. The first kappa shape index (κ1) is 20.1. The summed E-state index contributed by atoms with van der Waals surface area (Å²) in [5, 5.41) is 6.58. The van der Waals surface area contributed by atoms with Crippen LogP contribution < -0.4 is 20.1 Å². The number of nitrogens with zero attached hydrogens (tertiary/aromatic N) is 1. The molecule has 0 amide bonds. The summed E-state index contributed by atoms with van der Waals surface area (Å²) in [7, 11) is 5.09. The van der Waals surface area contributed by atoms with E-state index in [1.165, 1.54) is 0 Å². The lowest BCUT2D eigenvalue weighted by Gasteiger charge is -2.12. The van der Waals surface area contributed by atoms with E-state index in [0.29, 0.717) is 13.1 Å². The highest BCUT2D eigenvalue weighted by Crippen LogP contribution is 2.12. The van der Waals surface area contributed by atoms with E-state index in [9.17, 15) is 0 Å². The fraction of sp³-hybridized carbons (Fsp3) is 0.278. The Morgan fingerprint density at radius 2 is 1.50 bits per heavy atom. The van der Waals surface area contributed by atoms with Crippen molar-refractivity contribution in [2.75, 3.05) is 21.3 Å². The van der Waals surface area contributed by atoms with Crippen molar-refractivity contribution in [3.8, 4) is 11.5 Å². The van der Waals surface area contributed by atoms with E-state index in [0.717, 1.165) is 28.6 Å². The third-order valence-electron chi connectivity index (χ3n) is 3.44. The van der Waals surface area contributed by atoms with Crippen LogP contribution in [0.5, 0.6) is 11.5 Å². The first-order chi connectivity index (χ1) is 11.2. The van der Waals surface area contributed by atoms with Crippen molar-refractivity contribution in [2.45, 2.75) is 13.1 Å². The average molecular weight is 441 g/mol. The molecule has 2 aromatic carbocycles. The molecule has 0 bridgehead atoms. The minimum atomic E-state index is 0. The maximum absolute atomic E-state index is 5.23. The molecule has 2 N–H and O–H groups in total. The van der Waals surface area contributed by atoms with Gasteiger partial charge in [-0.05, 0) is 35.4 Å². The molecule has 5 nitrogen and oxygen atoms in total. The van der Waals surface area contributed by atoms with E-state index in [2.05, 4.69) is 15.6 Å². The first-order valence-electron chi connectivity index (χ1n) is 7.45. The van der Waals surface area contributed by atoms with Crippen molar-refractivity contribution in [2.24, 2.45) is 4.99 Å². The van der Waals surface area contributed by atoms with Gasteiger partial charge in [0.25, 0.3) is 0 Å². The molecule has 0 unspecified atom stereocenters. The second-order valence-electron chi connectivity index (χ2n) is 4.98. The smallest absolute Gasteiger partial charge is 0.191 e. The summed E-state index contributed by atoms with van der Waals surface area (Å²) in [6.45, 7) is 1.38. The highest BCUT2D eigenvalue weighted by molar-refractivity contribution is 14.0. The Kier molecular flexibility index (Phi) is 8.99. The predicted molar refractivity (Wildman–Crippen MR) is 108 cm³/mol. The SMILES string of the molecule is CN=C(NCc1ccc(OC)cc1)NCc1cccc(OC)c1.I. The Bertz CT molecular complexity index is 645. The van der Waals surface area contributed by atoms with Gasteiger partial charge in [-0.15, -0.1) is 24.0 Å². The van der Waals surface area contributed by atoms with E-state index in [1.54, 1.807) is 21.3 Å². The van der Waals surface area contributed by atoms with Crippen molar-refractivity contribution < 1.29 is 9.47 Å². The Morgan fingerprint density at radius 3 is 2.08 bits per heavy atom. The van der Waals surface area contributed by atoms with Crippen LogP contribution in [0.2, 0.25) is 0 Å². The molecule has 0 radical (unpaired) electrons. The lowest BCUT2D eigenvalue weighted by atomic mass is 10.2. The lowest BCUT2D eigenvalue weighted by molar-refractivity contribution is 0.414. The van der Waals surface area contributed by atoms with Gasteiger partial charge in [0, 0.05) is 20.1 Å². The number of ether oxygens (including phenoxy) is 2. The number of hydrogen-bond acceptors (Lipinski definition) is 3. The van der Waals surface area contributed by atoms with Gasteiger partial charge >= 0.3 is 0 Å². The molecule has 0 aliphatic heterocycles. The quantitative estimate of drug-likeness (QED) is 0.411. The summed E-state index contributed by atoms with van der Waals surface area (Å²) in [5.74, 6) is 2.46. The third-order valence-corrected chi connectivity index (χ3v) is 3.44. The number of methoxy groups -OCH3 is 2. The predicted octanol–water partition coefficient (Wildman–Crippen LogP) is 3.19. The van der Waals surface area contributed by atoms with E-state index in [-0.39, 0.29) is 24.0 Å². The van der Waals surface area contributed by atoms with Crippen LogP contribution in [-0.4, -0.2) is 27.2 Å². The van der Waals surface area contributed by atoms with Crippen LogP contribution in [0.3, 0.4) is 0 Å².